The summed E-state index contributed by atoms with van der Waals surface area (Å²) in [6.07, 6.45) is 1.50. The Morgan fingerprint density at radius 3 is 2.73 bits per heavy atom. The third-order valence-electron chi connectivity index (χ3n) is 2.45. The predicted molar refractivity (Wildman–Crippen MR) is 57.5 cm³/mol. The monoisotopic (exact) mass is 204 g/mol. The van der Waals surface area contributed by atoms with E-state index in [0.717, 1.165) is 22.3 Å². The molecule has 0 aliphatic carbocycles. The zero-order valence-electron chi connectivity index (χ0n) is 8.96. The van der Waals surface area contributed by atoms with E-state index in [1.807, 2.05) is 19.1 Å². The number of furan rings is 1. The van der Waals surface area contributed by atoms with E-state index in [-0.39, 0.29) is 5.78 Å². The summed E-state index contributed by atoms with van der Waals surface area (Å²) in [6.45, 7) is 3.46. The third kappa shape index (κ3) is 1.50. The van der Waals surface area contributed by atoms with E-state index in [4.69, 9.17) is 9.15 Å². The summed E-state index contributed by atoms with van der Waals surface area (Å²) in [5.41, 5.74) is 2.32. The Morgan fingerprint density at radius 1 is 1.40 bits per heavy atom. The van der Waals surface area contributed by atoms with Gasteiger partial charge in [-0.25, -0.2) is 0 Å². The number of methoxy groups -OCH3 is 1. The van der Waals surface area contributed by atoms with Crippen LogP contribution >= 0.6 is 0 Å². The maximum absolute atomic E-state index is 11.3. The Labute approximate surface area is 87.6 Å². The van der Waals surface area contributed by atoms with Crippen LogP contribution < -0.4 is 4.74 Å². The maximum atomic E-state index is 11.3. The molecule has 0 unspecified atom stereocenters. The van der Waals surface area contributed by atoms with Gasteiger partial charge in [-0.05, 0) is 31.5 Å². The molecule has 0 aliphatic rings. The normalized spacial score (nSPS) is 10.6. The van der Waals surface area contributed by atoms with Crippen molar-refractivity contribution >= 4 is 16.8 Å². The van der Waals surface area contributed by atoms with E-state index in [0.29, 0.717) is 5.56 Å². The van der Waals surface area contributed by atoms with Crippen molar-refractivity contribution in [3.63, 3.8) is 0 Å². The summed E-state index contributed by atoms with van der Waals surface area (Å²) in [5, 5.41) is 0.819. The largest absolute Gasteiger partial charge is 0.497 e. The fourth-order valence-corrected chi connectivity index (χ4v) is 1.67. The molecule has 15 heavy (non-hydrogen) atoms. The molecule has 3 heteroatoms. The fraction of sp³-hybridized carbons (Fsp3) is 0.250. The van der Waals surface area contributed by atoms with E-state index < -0.39 is 0 Å². The number of aryl methyl sites for hydroxylation is 1. The number of hydrogen-bond donors (Lipinski definition) is 0. The predicted octanol–water partition coefficient (Wildman–Crippen LogP) is 2.95. The number of Topliss-reactive ketones (excluding diaryl/α,β-unsaturated/α-hetero) is 1. The van der Waals surface area contributed by atoms with Crippen molar-refractivity contribution in [2.75, 3.05) is 7.11 Å². The zero-order valence-corrected chi connectivity index (χ0v) is 8.96. The zero-order chi connectivity index (χ0) is 11.0. The van der Waals surface area contributed by atoms with Crippen molar-refractivity contribution in [2.45, 2.75) is 13.8 Å². The van der Waals surface area contributed by atoms with E-state index in [1.165, 1.54) is 13.2 Å². The number of hydrogen-bond acceptors (Lipinski definition) is 3. The van der Waals surface area contributed by atoms with Gasteiger partial charge >= 0.3 is 0 Å². The van der Waals surface area contributed by atoms with Crippen LogP contribution in [0.5, 0.6) is 5.75 Å². The number of rotatable bonds is 2. The first-order chi connectivity index (χ1) is 7.13. The second-order valence-electron chi connectivity index (χ2n) is 3.53. The van der Waals surface area contributed by atoms with Gasteiger partial charge in [-0.1, -0.05) is 0 Å². The minimum atomic E-state index is 0.00130. The molecule has 1 aromatic carbocycles. The third-order valence-corrected chi connectivity index (χ3v) is 2.45. The van der Waals surface area contributed by atoms with Crippen LogP contribution in [0.1, 0.15) is 22.8 Å². The summed E-state index contributed by atoms with van der Waals surface area (Å²) in [7, 11) is 1.61. The molecular formula is C12H12O3. The number of benzene rings is 1. The molecule has 1 aromatic heterocycles. The average molecular weight is 204 g/mol. The molecule has 0 amide bonds. The molecule has 0 saturated heterocycles. The Kier molecular flexibility index (Phi) is 2.23. The Hall–Kier alpha value is -1.77. The van der Waals surface area contributed by atoms with Crippen molar-refractivity contribution in [3.05, 3.63) is 29.5 Å². The molecule has 0 atom stereocenters. The standard InChI is InChI=1S/C12H12O3/c1-7-4-9(14-3)5-10-11(8(2)13)6-15-12(7)10/h4-6H,1-3H3. The van der Waals surface area contributed by atoms with Crippen LogP contribution in [0.2, 0.25) is 0 Å². The molecule has 1 heterocycles. The summed E-state index contributed by atoms with van der Waals surface area (Å²) in [4.78, 5) is 11.3. The smallest absolute Gasteiger partial charge is 0.163 e. The van der Waals surface area contributed by atoms with E-state index in [1.54, 1.807) is 7.11 Å². The average Bonchev–Trinajstić information content (AvgIpc) is 2.61. The lowest BCUT2D eigenvalue weighted by Gasteiger charge is -2.02. The van der Waals surface area contributed by atoms with Crippen molar-refractivity contribution in [2.24, 2.45) is 0 Å². The molecule has 0 N–H and O–H groups in total. The SMILES string of the molecule is COc1cc(C)c2occ(C(C)=O)c2c1. The lowest BCUT2D eigenvalue weighted by Crippen LogP contribution is -1.90. The van der Waals surface area contributed by atoms with Gasteiger partial charge in [-0.15, -0.1) is 0 Å². The molecular weight excluding hydrogens is 192 g/mol. The first-order valence-corrected chi connectivity index (χ1v) is 4.70. The van der Waals surface area contributed by atoms with Crippen molar-refractivity contribution in [3.8, 4) is 5.75 Å². The van der Waals surface area contributed by atoms with Crippen LogP contribution in [0, 0.1) is 6.92 Å². The molecule has 0 saturated carbocycles. The van der Waals surface area contributed by atoms with E-state index in [9.17, 15) is 4.79 Å². The summed E-state index contributed by atoms with van der Waals surface area (Å²) in [5.74, 6) is 0.741. The van der Waals surface area contributed by atoms with Crippen LogP contribution in [0.25, 0.3) is 11.0 Å². The lowest BCUT2D eigenvalue weighted by molar-refractivity contribution is 0.101. The van der Waals surface area contributed by atoms with Crippen LogP contribution in [0.4, 0.5) is 0 Å². The van der Waals surface area contributed by atoms with Gasteiger partial charge in [0.2, 0.25) is 0 Å². The Bertz CT molecular complexity index is 523. The van der Waals surface area contributed by atoms with Gasteiger partial charge in [0.25, 0.3) is 0 Å². The first kappa shape index (κ1) is 9.77. The van der Waals surface area contributed by atoms with Crippen LogP contribution in [-0.2, 0) is 0 Å². The number of ketones is 1. The summed E-state index contributed by atoms with van der Waals surface area (Å²) < 4.78 is 10.5. The van der Waals surface area contributed by atoms with Crippen molar-refractivity contribution < 1.29 is 13.9 Å². The van der Waals surface area contributed by atoms with Gasteiger partial charge in [0, 0.05) is 5.39 Å². The number of ether oxygens (including phenoxy) is 1. The second-order valence-corrected chi connectivity index (χ2v) is 3.53. The molecule has 0 fully saturated rings. The summed E-state index contributed by atoms with van der Waals surface area (Å²) in [6, 6.07) is 3.71. The molecule has 2 aromatic rings. The Morgan fingerprint density at radius 2 is 2.13 bits per heavy atom. The lowest BCUT2D eigenvalue weighted by atomic mass is 10.1. The van der Waals surface area contributed by atoms with Crippen LogP contribution in [-0.4, -0.2) is 12.9 Å². The van der Waals surface area contributed by atoms with Crippen LogP contribution in [0.15, 0.2) is 22.8 Å². The summed E-state index contributed by atoms with van der Waals surface area (Å²) >= 11 is 0. The quantitative estimate of drug-likeness (QED) is 0.706. The molecule has 3 nitrogen and oxygen atoms in total. The van der Waals surface area contributed by atoms with Gasteiger partial charge in [0.05, 0.1) is 12.7 Å². The first-order valence-electron chi connectivity index (χ1n) is 4.70. The molecule has 78 valence electrons. The maximum Gasteiger partial charge on any atom is 0.163 e. The molecule has 2 rings (SSSR count). The highest BCUT2D eigenvalue weighted by Crippen LogP contribution is 2.29. The second kappa shape index (κ2) is 3.42. The van der Waals surface area contributed by atoms with Crippen molar-refractivity contribution in [1.82, 2.24) is 0 Å². The fourth-order valence-electron chi connectivity index (χ4n) is 1.67. The minimum Gasteiger partial charge on any atom is -0.497 e. The van der Waals surface area contributed by atoms with E-state index >= 15 is 0 Å². The Balaban J connectivity index is 2.78. The number of fused-ring (bicyclic) bond motifs is 1. The molecule has 0 bridgehead atoms. The van der Waals surface area contributed by atoms with Crippen LogP contribution in [0.3, 0.4) is 0 Å². The highest BCUT2D eigenvalue weighted by Gasteiger charge is 2.12. The highest BCUT2D eigenvalue weighted by molar-refractivity contribution is 6.06. The molecule has 0 aliphatic heterocycles. The topological polar surface area (TPSA) is 39.4 Å². The molecule has 0 radical (unpaired) electrons. The van der Waals surface area contributed by atoms with Gasteiger partial charge in [-0.2, -0.15) is 0 Å². The minimum absolute atomic E-state index is 0.00130. The highest BCUT2D eigenvalue weighted by atomic mass is 16.5. The van der Waals surface area contributed by atoms with E-state index in [2.05, 4.69) is 0 Å². The van der Waals surface area contributed by atoms with Gasteiger partial charge in [-0.3, -0.25) is 4.79 Å². The van der Waals surface area contributed by atoms with Gasteiger partial charge in [0.15, 0.2) is 5.78 Å². The molecule has 0 spiro atoms. The number of carbonyl (C=O) groups excluding carboxylic acids is 1. The van der Waals surface area contributed by atoms with Crippen molar-refractivity contribution in [1.29, 1.82) is 0 Å². The van der Waals surface area contributed by atoms with Gasteiger partial charge in [0.1, 0.15) is 17.6 Å². The number of carbonyl (C=O) groups is 1. The van der Waals surface area contributed by atoms with Gasteiger partial charge < -0.3 is 9.15 Å².